The molecule has 15 heteroatoms. The fourth-order valence-electron chi connectivity index (χ4n) is 8.24. The summed E-state index contributed by atoms with van der Waals surface area (Å²) in [5, 5.41) is 19.4. The predicted molar refractivity (Wildman–Crippen MR) is 253 cm³/mol. The van der Waals surface area contributed by atoms with Crippen LogP contribution in [-0.2, 0) is 19.1 Å². The third-order valence-corrected chi connectivity index (χ3v) is 13.2. The first-order chi connectivity index (χ1) is 30.7. The van der Waals surface area contributed by atoms with E-state index in [0.29, 0.717) is 49.5 Å². The zero-order valence-electron chi connectivity index (χ0n) is 38.6. The van der Waals surface area contributed by atoms with Crippen LogP contribution < -0.4 is 0 Å². The normalized spacial score (nSPS) is 18.4. The van der Waals surface area contributed by atoms with Crippen molar-refractivity contribution in [1.82, 2.24) is 14.7 Å². The second-order valence-corrected chi connectivity index (χ2v) is 19.5. The fraction of sp³-hybridized carbons (Fsp3) is 0.580. The van der Waals surface area contributed by atoms with Gasteiger partial charge < -0.3 is 24.7 Å². The molecule has 3 saturated heterocycles. The number of benzene rings is 3. The van der Waals surface area contributed by atoms with Crippen LogP contribution in [0, 0.1) is 35.2 Å². The van der Waals surface area contributed by atoms with Crippen molar-refractivity contribution in [2.75, 3.05) is 72.1 Å². The van der Waals surface area contributed by atoms with E-state index < -0.39 is 17.5 Å². The molecular weight excluding hydrogens is 902 g/mol. The van der Waals surface area contributed by atoms with Gasteiger partial charge in [0, 0.05) is 76.7 Å². The van der Waals surface area contributed by atoms with Crippen molar-refractivity contribution >= 4 is 52.2 Å². The van der Waals surface area contributed by atoms with Gasteiger partial charge in [0.15, 0.2) is 0 Å². The summed E-state index contributed by atoms with van der Waals surface area (Å²) >= 11 is 17.2. The molecule has 3 aliphatic rings. The van der Waals surface area contributed by atoms with Crippen LogP contribution in [0.25, 0.3) is 0 Å². The number of carbonyl (C=O) groups excluding carboxylic acids is 3. The number of Topliss-reactive ketones (excluding diaryl/α,β-unsaturated/α-hetero) is 3. The summed E-state index contributed by atoms with van der Waals surface area (Å²) in [5.41, 5.74) is 2.04. The van der Waals surface area contributed by atoms with Gasteiger partial charge in [0.25, 0.3) is 0 Å². The molecule has 0 aliphatic carbocycles. The number of carbonyl (C=O) groups is 3. The van der Waals surface area contributed by atoms with E-state index in [2.05, 4.69) is 14.7 Å². The molecule has 9 nitrogen and oxygen atoms in total. The average Bonchev–Trinajstić information content (AvgIpc) is 3.28. The van der Waals surface area contributed by atoms with E-state index in [1.54, 1.807) is 18.2 Å². The molecule has 0 radical (unpaired) electrons. The number of aliphatic hydroxyl groups is 2. The SMILES string of the molecule is CC(C)C(=O)[C@@H](CN1CCC(O)CC1)c1ccc(Cl)c(F)c1.CC(C)C(=O)[C@@H](CN1CCOCC1)c1ccc(Cl)c(F)c1.CC(C)C(=O)[C@H](CN1CCC(O)CC1)c1ccc(Cl)c(F)c1. The molecular formula is C50H67Cl3F3N3O6. The average molecular weight is 969 g/mol. The van der Waals surface area contributed by atoms with Crippen LogP contribution in [0.2, 0.25) is 15.1 Å². The Balaban J connectivity index is 0.000000213. The molecule has 3 aromatic rings. The smallest absolute Gasteiger partial charge is 0.144 e. The van der Waals surface area contributed by atoms with Gasteiger partial charge in [0.05, 0.1) is 58.2 Å². The van der Waals surface area contributed by atoms with E-state index in [0.717, 1.165) is 65.0 Å². The molecule has 3 heterocycles. The summed E-state index contributed by atoms with van der Waals surface area (Å²) in [7, 11) is 0. The lowest BCUT2D eigenvalue weighted by molar-refractivity contribution is -0.124. The number of hydrogen-bond acceptors (Lipinski definition) is 9. The van der Waals surface area contributed by atoms with Gasteiger partial charge in [-0.3, -0.25) is 19.3 Å². The first-order valence-corrected chi connectivity index (χ1v) is 24.0. The molecule has 65 heavy (non-hydrogen) atoms. The highest BCUT2D eigenvalue weighted by Crippen LogP contribution is 2.30. The minimum atomic E-state index is -0.491. The summed E-state index contributed by atoms with van der Waals surface area (Å²) in [6.07, 6.45) is 2.39. The van der Waals surface area contributed by atoms with Gasteiger partial charge in [-0.05, 0) is 78.8 Å². The molecule has 0 amide bonds. The molecule has 3 atom stereocenters. The van der Waals surface area contributed by atoms with Crippen molar-refractivity contribution in [3.05, 3.63) is 104 Å². The molecule has 0 saturated carbocycles. The molecule has 360 valence electrons. The Morgan fingerprint density at radius 3 is 1.03 bits per heavy atom. The lowest BCUT2D eigenvalue weighted by Crippen LogP contribution is -2.41. The Kier molecular flexibility index (Phi) is 22.4. The molecule has 6 rings (SSSR count). The Labute approximate surface area is 398 Å². The van der Waals surface area contributed by atoms with Crippen LogP contribution in [0.5, 0.6) is 0 Å². The van der Waals surface area contributed by atoms with E-state index in [-0.39, 0.29) is 80.1 Å². The largest absolute Gasteiger partial charge is 0.393 e. The number of aliphatic hydroxyl groups excluding tert-OH is 2. The van der Waals surface area contributed by atoms with Crippen molar-refractivity contribution < 1.29 is 42.5 Å². The van der Waals surface area contributed by atoms with E-state index in [1.807, 2.05) is 41.5 Å². The Hall–Kier alpha value is -2.91. The van der Waals surface area contributed by atoms with Gasteiger partial charge in [0.1, 0.15) is 34.8 Å². The minimum absolute atomic E-state index is 0.0700. The maximum Gasteiger partial charge on any atom is 0.144 e. The van der Waals surface area contributed by atoms with E-state index in [1.165, 1.54) is 36.4 Å². The molecule has 0 spiro atoms. The van der Waals surface area contributed by atoms with Crippen molar-refractivity contribution in [1.29, 1.82) is 0 Å². The number of nitrogens with zero attached hydrogens (tertiary/aromatic N) is 3. The third-order valence-electron chi connectivity index (χ3n) is 12.3. The number of rotatable bonds is 15. The zero-order valence-corrected chi connectivity index (χ0v) is 40.8. The maximum atomic E-state index is 13.7. The highest BCUT2D eigenvalue weighted by Gasteiger charge is 2.31. The van der Waals surface area contributed by atoms with E-state index in [4.69, 9.17) is 39.5 Å². The Morgan fingerprint density at radius 2 is 0.785 bits per heavy atom. The lowest BCUT2D eigenvalue weighted by Gasteiger charge is -2.32. The predicted octanol–water partition coefficient (Wildman–Crippen LogP) is 9.61. The van der Waals surface area contributed by atoms with E-state index in [9.17, 15) is 37.8 Å². The van der Waals surface area contributed by atoms with Crippen LogP contribution in [0.15, 0.2) is 54.6 Å². The van der Waals surface area contributed by atoms with Gasteiger partial charge in [-0.15, -0.1) is 0 Å². The highest BCUT2D eigenvalue weighted by molar-refractivity contribution is 6.31. The quantitative estimate of drug-likeness (QED) is 0.154. The molecule has 3 fully saturated rings. The third kappa shape index (κ3) is 17.0. The van der Waals surface area contributed by atoms with Crippen molar-refractivity contribution in [3.63, 3.8) is 0 Å². The van der Waals surface area contributed by atoms with Crippen molar-refractivity contribution in [2.24, 2.45) is 17.8 Å². The van der Waals surface area contributed by atoms with Crippen LogP contribution in [0.4, 0.5) is 13.2 Å². The van der Waals surface area contributed by atoms with Gasteiger partial charge in [-0.2, -0.15) is 0 Å². The van der Waals surface area contributed by atoms with Gasteiger partial charge in [-0.1, -0.05) is 94.5 Å². The van der Waals surface area contributed by atoms with Crippen LogP contribution in [-0.4, -0.2) is 127 Å². The number of hydrogen-bond donors (Lipinski definition) is 2. The molecule has 3 aliphatic heterocycles. The van der Waals surface area contributed by atoms with Crippen molar-refractivity contribution in [2.45, 2.75) is 97.2 Å². The molecule has 2 N–H and O–H groups in total. The summed E-state index contributed by atoms with van der Waals surface area (Å²) in [5.74, 6) is -2.47. The van der Waals surface area contributed by atoms with Crippen LogP contribution >= 0.6 is 34.8 Å². The lowest BCUT2D eigenvalue weighted by atomic mass is 9.88. The second kappa shape index (κ2) is 26.6. The van der Waals surface area contributed by atoms with Crippen LogP contribution in [0.1, 0.15) is 102 Å². The number of ketones is 3. The van der Waals surface area contributed by atoms with Gasteiger partial charge in [0.2, 0.25) is 0 Å². The summed E-state index contributed by atoms with van der Waals surface area (Å²) < 4.78 is 46.5. The monoisotopic (exact) mass is 967 g/mol. The fourth-order valence-corrected chi connectivity index (χ4v) is 8.59. The molecule has 0 bridgehead atoms. The van der Waals surface area contributed by atoms with Gasteiger partial charge >= 0.3 is 0 Å². The summed E-state index contributed by atoms with van der Waals surface area (Å²) in [6.45, 7) is 18.9. The number of morpholine rings is 1. The number of halogens is 6. The zero-order chi connectivity index (χ0) is 48.0. The second-order valence-electron chi connectivity index (χ2n) is 18.3. The minimum Gasteiger partial charge on any atom is -0.393 e. The Morgan fingerprint density at radius 1 is 0.523 bits per heavy atom. The molecule has 0 aromatic heterocycles. The summed E-state index contributed by atoms with van der Waals surface area (Å²) in [4.78, 5) is 44.1. The molecule has 3 aromatic carbocycles. The first-order valence-electron chi connectivity index (χ1n) is 22.8. The molecule has 0 unspecified atom stereocenters. The number of piperidine rings is 2. The van der Waals surface area contributed by atoms with Crippen LogP contribution in [0.3, 0.4) is 0 Å². The van der Waals surface area contributed by atoms with E-state index >= 15 is 0 Å². The maximum absolute atomic E-state index is 13.7. The summed E-state index contributed by atoms with van der Waals surface area (Å²) in [6, 6.07) is 13.9. The number of likely N-dealkylation sites (tertiary alicyclic amines) is 2. The first kappa shape index (κ1) is 54.7. The topological polar surface area (TPSA) is 111 Å². The Bertz CT molecular complexity index is 1910. The number of ether oxygens (including phenoxy) is 1. The highest BCUT2D eigenvalue weighted by atomic mass is 35.5. The van der Waals surface area contributed by atoms with Gasteiger partial charge in [-0.25, -0.2) is 13.2 Å². The van der Waals surface area contributed by atoms with Crippen molar-refractivity contribution in [3.8, 4) is 0 Å². The standard InChI is InChI=1S/2C17H23ClFNO2.C16H21ClFNO2/c2*1-11(2)17(22)14(10-20-7-5-13(21)6-8-20)12-3-4-15(18)16(19)9-12;1-11(2)16(20)13(10-19-5-7-21-8-6-19)12-3-4-14(17)15(18)9-12/h2*3-4,9,11,13-14,21H,5-8,10H2,1-2H3;3-4,9,11,13H,5-8,10H2,1-2H3/t2*14-;13-/m100/s1.